The van der Waals surface area contributed by atoms with E-state index in [9.17, 15) is 9.59 Å². The first kappa shape index (κ1) is 15.2. The summed E-state index contributed by atoms with van der Waals surface area (Å²) in [4.78, 5) is 26.1. The van der Waals surface area contributed by atoms with Crippen molar-refractivity contribution >= 4 is 17.7 Å². The number of likely N-dealkylation sites (tertiary alicyclic amines) is 1. The van der Waals surface area contributed by atoms with Gasteiger partial charge in [-0.05, 0) is 37.1 Å². The number of carbonyl (C=O) groups excluding carboxylic acids is 1. The molecule has 2 rings (SSSR count). The number of anilines is 1. The van der Waals surface area contributed by atoms with Crippen molar-refractivity contribution in [2.75, 3.05) is 32.5 Å². The molecule has 0 bridgehead atoms. The standard InChI is InChI=1S/C15H21N3O3/c1-17(2)15(21)18-9-7-13(8-10-18)16-12-5-3-11(4-6-12)14(19)20/h3-6,13,16H,7-10H2,1-2H3,(H,19,20). The molecule has 1 saturated heterocycles. The largest absolute Gasteiger partial charge is 0.478 e. The summed E-state index contributed by atoms with van der Waals surface area (Å²) < 4.78 is 0. The minimum Gasteiger partial charge on any atom is -0.478 e. The number of aromatic carboxylic acids is 1. The number of nitrogens with one attached hydrogen (secondary N) is 1. The van der Waals surface area contributed by atoms with E-state index in [4.69, 9.17) is 5.11 Å². The molecule has 6 nitrogen and oxygen atoms in total. The van der Waals surface area contributed by atoms with E-state index in [0.717, 1.165) is 31.6 Å². The topological polar surface area (TPSA) is 72.9 Å². The van der Waals surface area contributed by atoms with Gasteiger partial charge in [-0.25, -0.2) is 9.59 Å². The SMILES string of the molecule is CN(C)C(=O)N1CCC(Nc2ccc(C(=O)O)cc2)CC1. The van der Waals surface area contributed by atoms with E-state index in [0.29, 0.717) is 6.04 Å². The fourth-order valence-corrected chi connectivity index (χ4v) is 2.44. The quantitative estimate of drug-likeness (QED) is 0.892. The number of hydrogen-bond donors (Lipinski definition) is 2. The van der Waals surface area contributed by atoms with Crippen LogP contribution in [-0.2, 0) is 0 Å². The second-order valence-corrected chi connectivity index (χ2v) is 5.47. The molecule has 0 aromatic heterocycles. The number of carbonyl (C=O) groups is 2. The van der Waals surface area contributed by atoms with Crippen molar-refractivity contribution in [1.82, 2.24) is 9.80 Å². The molecule has 0 saturated carbocycles. The molecule has 1 aliphatic heterocycles. The molecule has 0 radical (unpaired) electrons. The number of carboxylic acids is 1. The van der Waals surface area contributed by atoms with E-state index in [1.54, 1.807) is 43.3 Å². The van der Waals surface area contributed by atoms with Crippen molar-refractivity contribution in [3.8, 4) is 0 Å². The minimum atomic E-state index is -0.919. The second kappa shape index (κ2) is 6.47. The lowest BCUT2D eigenvalue weighted by atomic mass is 10.0. The smallest absolute Gasteiger partial charge is 0.335 e. The molecular weight excluding hydrogens is 270 g/mol. The second-order valence-electron chi connectivity index (χ2n) is 5.47. The highest BCUT2D eigenvalue weighted by Gasteiger charge is 2.23. The van der Waals surface area contributed by atoms with Gasteiger partial charge in [0.1, 0.15) is 0 Å². The zero-order valence-electron chi connectivity index (χ0n) is 12.4. The molecule has 0 spiro atoms. The van der Waals surface area contributed by atoms with Crippen LogP contribution in [0.1, 0.15) is 23.2 Å². The zero-order chi connectivity index (χ0) is 15.4. The maximum absolute atomic E-state index is 11.8. The summed E-state index contributed by atoms with van der Waals surface area (Å²) in [6, 6.07) is 7.11. The van der Waals surface area contributed by atoms with E-state index < -0.39 is 5.97 Å². The van der Waals surface area contributed by atoms with Gasteiger partial charge < -0.3 is 20.2 Å². The van der Waals surface area contributed by atoms with Crippen molar-refractivity contribution in [2.45, 2.75) is 18.9 Å². The number of hydrogen-bond acceptors (Lipinski definition) is 3. The van der Waals surface area contributed by atoms with E-state index in [1.165, 1.54) is 0 Å². The molecule has 6 heteroatoms. The minimum absolute atomic E-state index is 0.0549. The van der Waals surface area contributed by atoms with Gasteiger partial charge in [0.2, 0.25) is 0 Å². The highest BCUT2D eigenvalue weighted by molar-refractivity contribution is 5.88. The maximum atomic E-state index is 11.8. The fraction of sp³-hybridized carbons (Fsp3) is 0.467. The third kappa shape index (κ3) is 3.87. The number of rotatable bonds is 3. The zero-order valence-corrected chi connectivity index (χ0v) is 12.4. The van der Waals surface area contributed by atoms with Gasteiger partial charge in [-0.3, -0.25) is 0 Å². The number of urea groups is 1. The Bertz CT molecular complexity index is 505. The highest BCUT2D eigenvalue weighted by Crippen LogP contribution is 2.18. The summed E-state index contributed by atoms with van der Waals surface area (Å²) in [5, 5.41) is 12.3. The third-order valence-electron chi connectivity index (χ3n) is 3.65. The Morgan fingerprint density at radius 3 is 2.24 bits per heavy atom. The van der Waals surface area contributed by atoms with Crippen molar-refractivity contribution < 1.29 is 14.7 Å². The Hall–Kier alpha value is -2.24. The summed E-state index contributed by atoms with van der Waals surface area (Å²) in [6.45, 7) is 1.48. The molecule has 114 valence electrons. The molecule has 2 N–H and O–H groups in total. The average Bonchev–Trinajstić information content (AvgIpc) is 2.47. The first-order chi connectivity index (χ1) is 9.97. The molecule has 1 aliphatic rings. The van der Waals surface area contributed by atoms with Crippen LogP contribution in [0.25, 0.3) is 0 Å². The third-order valence-corrected chi connectivity index (χ3v) is 3.65. The van der Waals surface area contributed by atoms with Gasteiger partial charge in [-0.2, -0.15) is 0 Å². The lowest BCUT2D eigenvalue weighted by Crippen LogP contribution is -2.46. The van der Waals surface area contributed by atoms with Crippen LogP contribution < -0.4 is 5.32 Å². The van der Waals surface area contributed by atoms with Crippen LogP contribution in [0.4, 0.5) is 10.5 Å². The van der Waals surface area contributed by atoms with Crippen molar-refractivity contribution in [3.63, 3.8) is 0 Å². The van der Waals surface area contributed by atoms with Gasteiger partial charge in [0.05, 0.1) is 5.56 Å². The molecular formula is C15H21N3O3. The van der Waals surface area contributed by atoms with E-state index in [-0.39, 0.29) is 11.6 Å². The molecule has 1 aromatic carbocycles. The van der Waals surface area contributed by atoms with Crippen molar-refractivity contribution in [3.05, 3.63) is 29.8 Å². The van der Waals surface area contributed by atoms with Crippen LogP contribution in [0, 0.1) is 0 Å². The molecule has 0 unspecified atom stereocenters. The molecule has 0 atom stereocenters. The maximum Gasteiger partial charge on any atom is 0.335 e. The van der Waals surface area contributed by atoms with Gasteiger partial charge in [0.15, 0.2) is 0 Å². The normalized spacial score (nSPS) is 15.6. The van der Waals surface area contributed by atoms with Gasteiger partial charge in [0.25, 0.3) is 0 Å². The van der Waals surface area contributed by atoms with Crippen LogP contribution in [0.3, 0.4) is 0 Å². The molecule has 21 heavy (non-hydrogen) atoms. The molecule has 1 heterocycles. The van der Waals surface area contributed by atoms with E-state index in [2.05, 4.69) is 5.32 Å². The summed E-state index contributed by atoms with van der Waals surface area (Å²) >= 11 is 0. The number of nitrogens with zero attached hydrogens (tertiary/aromatic N) is 2. The Morgan fingerprint density at radius 1 is 1.19 bits per heavy atom. The van der Waals surface area contributed by atoms with Crippen LogP contribution in [-0.4, -0.2) is 60.1 Å². The number of benzene rings is 1. The predicted molar refractivity (Wildman–Crippen MR) is 80.7 cm³/mol. The van der Waals surface area contributed by atoms with Crippen LogP contribution in [0.5, 0.6) is 0 Å². The Balaban J connectivity index is 1.86. The lowest BCUT2D eigenvalue weighted by molar-refractivity contribution is 0.0697. The number of piperidine rings is 1. The summed E-state index contributed by atoms with van der Waals surface area (Å²) in [7, 11) is 3.52. The van der Waals surface area contributed by atoms with E-state index >= 15 is 0 Å². The summed E-state index contributed by atoms with van der Waals surface area (Å²) in [5.41, 5.74) is 1.20. The summed E-state index contributed by atoms with van der Waals surface area (Å²) in [5.74, 6) is -0.919. The first-order valence-electron chi connectivity index (χ1n) is 7.03. The lowest BCUT2D eigenvalue weighted by Gasteiger charge is -2.34. The van der Waals surface area contributed by atoms with E-state index in [1.807, 2.05) is 4.90 Å². The summed E-state index contributed by atoms with van der Waals surface area (Å²) in [6.07, 6.45) is 1.78. The Morgan fingerprint density at radius 2 is 1.76 bits per heavy atom. The molecule has 1 fully saturated rings. The van der Waals surface area contributed by atoms with Crippen LogP contribution in [0.15, 0.2) is 24.3 Å². The highest BCUT2D eigenvalue weighted by atomic mass is 16.4. The monoisotopic (exact) mass is 291 g/mol. The van der Waals surface area contributed by atoms with Gasteiger partial charge in [0, 0.05) is 38.9 Å². The first-order valence-corrected chi connectivity index (χ1v) is 7.03. The molecule has 1 aromatic rings. The average molecular weight is 291 g/mol. The van der Waals surface area contributed by atoms with Gasteiger partial charge >= 0.3 is 12.0 Å². The molecule has 2 amide bonds. The van der Waals surface area contributed by atoms with Crippen LogP contribution >= 0.6 is 0 Å². The number of amides is 2. The van der Waals surface area contributed by atoms with Crippen molar-refractivity contribution in [2.24, 2.45) is 0 Å². The number of carboxylic acid groups (broad SMARTS) is 1. The molecule has 0 aliphatic carbocycles. The van der Waals surface area contributed by atoms with Gasteiger partial charge in [-0.1, -0.05) is 0 Å². The Labute approximate surface area is 124 Å². The van der Waals surface area contributed by atoms with Gasteiger partial charge in [-0.15, -0.1) is 0 Å². The van der Waals surface area contributed by atoms with Crippen molar-refractivity contribution in [1.29, 1.82) is 0 Å². The Kier molecular flexibility index (Phi) is 4.67. The fourth-order valence-electron chi connectivity index (χ4n) is 2.44. The predicted octanol–water partition coefficient (Wildman–Crippen LogP) is 1.94. The van der Waals surface area contributed by atoms with Crippen LogP contribution in [0.2, 0.25) is 0 Å².